The largest absolute Gasteiger partial charge is 0.394 e. The second-order valence-corrected chi connectivity index (χ2v) is 8.03. The Kier molecular flexibility index (Phi) is 5.35. The van der Waals surface area contributed by atoms with Crippen LogP contribution in [0.3, 0.4) is 0 Å². The number of aliphatic hydroxyl groups excluding tert-OH is 1. The van der Waals surface area contributed by atoms with Crippen LogP contribution in [0.25, 0.3) is 0 Å². The summed E-state index contributed by atoms with van der Waals surface area (Å²) >= 11 is 0. The van der Waals surface area contributed by atoms with Crippen molar-refractivity contribution in [1.82, 2.24) is 15.1 Å². The van der Waals surface area contributed by atoms with Gasteiger partial charge < -0.3 is 20.2 Å². The average molecular weight is 297 g/mol. The van der Waals surface area contributed by atoms with Crippen LogP contribution in [0, 0.1) is 5.92 Å². The Hall–Kier alpha value is -0.160. The Morgan fingerprint density at radius 1 is 1.24 bits per heavy atom. The fourth-order valence-electron chi connectivity index (χ4n) is 4.10. The molecule has 0 aromatic carbocycles. The van der Waals surface area contributed by atoms with Crippen LogP contribution < -0.4 is 5.32 Å². The zero-order chi connectivity index (χ0) is 15.7. The lowest BCUT2D eigenvalue weighted by Crippen LogP contribution is -2.63. The van der Waals surface area contributed by atoms with Crippen molar-refractivity contribution in [3.63, 3.8) is 0 Å². The van der Waals surface area contributed by atoms with Crippen molar-refractivity contribution >= 4 is 0 Å². The maximum absolute atomic E-state index is 10.1. The molecule has 2 aliphatic rings. The first-order valence-electron chi connectivity index (χ1n) is 8.58. The molecular weight excluding hydrogens is 262 g/mol. The first-order valence-corrected chi connectivity index (χ1v) is 8.58. The Bertz CT molecular complexity index is 337. The van der Waals surface area contributed by atoms with Crippen molar-refractivity contribution in [2.75, 3.05) is 40.8 Å². The van der Waals surface area contributed by atoms with Crippen molar-refractivity contribution in [3.8, 4) is 0 Å². The number of hydrogen-bond acceptors (Lipinski definition) is 4. The topological polar surface area (TPSA) is 38.7 Å². The minimum Gasteiger partial charge on any atom is -0.394 e. The molecule has 1 unspecified atom stereocenters. The molecule has 124 valence electrons. The molecule has 2 N–H and O–H groups in total. The van der Waals surface area contributed by atoms with Crippen LogP contribution in [0.4, 0.5) is 0 Å². The molecule has 4 heteroatoms. The molecule has 0 aliphatic heterocycles. The van der Waals surface area contributed by atoms with Crippen molar-refractivity contribution in [2.45, 2.75) is 63.1 Å². The molecular formula is C17H35N3O. The number of likely N-dealkylation sites (N-methyl/N-ethyl adjacent to an activating group) is 2. The third-order valence-electron chi connectivity index (χ3n) is 5.57. The van der Waals surface area contributed by atoms with Crippen molar-refractivity contribution < 1.29 is 5.11 Å². The summed E-state index contributed by atoms with van der Waals surface area (Å²) in [5, 5.41) is 13.7. The minimum atomic E-state index is -0.111. The molecule has 0 amide bonds. The number of nitrogens with zero attached hydrogens (tertiary/aromatic N) is 2. The lowest BCUT2D eigenvalue weighted by Gasteiger charge is -2.50. The van der Waals surface area contributed by atoms with E-state index in [1.807, 2.05) is 0 Å². The van der Waals surface area contributed by atoms with E-state index in [4.69, 9.17) is 0 Å². The van der Waals surface area contributed by atoms with Gasteiger partial charge in [0.1, 0.15) is 0 Å². The van der Waals surface area contributed by atoms with Gasteiger partial charge in [-0.3, -0.25) is 0 Å². The van der Waals surface area contributed by atoms with E-state index in [-0.39, 0.29) is 12.1 Å². The van der Waals surface area contributed by atoms with E-state index in [1.54, 1.807) is 0 Å². The second kappa shape index (κ2) is 6.53. The molecule has 1 atom stereocenters. The van der Waals surface area contributed by atoms with E-state index in [9.17, 15) is 5.11 Å². The number of aliphatic hydroxyl groups is 1. The summed E-state index contributed by atoms with van der Waals surface area (Å²) in [7, 11) is 6.64. The first-order chi connectivity index (χ1) is 9.83. The second-order valence-electron chi connectivity index (χ2n) is 8.03. The minimum absolute atomic E-state index is 0.111. The van der Waals surface area contributed by atoms with Gasteiger partial charge in [-0.2, -0.15) is 0 Å². The Balaban J connectivity index is 1.99. The SMILES string of the molecule is CC(C)NC(CO)(CN(C)CC1(N(C)C)CCC1)C1CC1. The maximum Gasteiger partial charge on any atom is 0.0628 e. The summed E-state index contributed by atoms with van der Waals surface area (Å²) in [6, 6.07) is 0.415. The van der Waals surface area contributed by atoms with E-state index < -0.39 is 0 Å². The molecule has 21 heavy (non-hydrogen) atoms. The van der Waals surface area contributed by atoms with Gasteiger partial charge >= 0.3 is 0 Å². The number of rotatable bonds is 9. The van der Waals surface area contributed by atoms with E-state index >= 15 is 0 Å². The van der Waals surface area contributed by atoms with Gasteiger partial charge in [-0.25, -0.2) is 0 Å². The smallest absolute Gasteiger partial charge is 0.0628 e. The number of nitrogens with one attached hydrogen (secondary N) is 1. The van der Waals surface area contributed by atoms with Gasteiger partial charge in [-0.05, 0) is 59.2 Å². The summed E-state index contributed by atoms with van der Waals surface area (Å²) in [5.74, 6) is 0.643. The fourth-order valence-corrected chi connectivity index (χ4v) is 4.10. The van der Waals surface area contributed by atoms with Crippen LogP contribution in [0.5, 0.6) is 0 Å². The molecule has 0 heterocycles. The van der Waals surface area contributed by atoms with Gasteiger partial charge in [0.05, 0.1) is 12.1 Å². The Morgan fingerprint density at radius 3 is 2.19 bits per heavy atom. The van der Waals surface area contributed by atoms with Gasteiger partial charge in [0, 0.05) is 24.7 Å². The van der Waals surface area contributed by atoms with Gasteiger partial charge in [0.2, 0.25) is 0 Å². The van der Waals surface area contributed by atoms with E-state index in [0.717, 1.165) is 13.1 Å². The van der Waals surface area contributed by atoms with Crippen LogP contribution in [0.2, 0.25) is 0 Å². The summed E-state index contributed by atoms with van der Waals surface area (Å²) in [6.07, 6.45) is 6.47. The van der Waals surface area contributed by atoms with Crippen LogP contribution in [-0.2, 0) is 0 Å². The lowest BCUT2D eigenvalue weighted by molar-refractivity contribution is 0.0102. The Morgan fingerprint density at radius 2 is 1.86 bits per heavy atom. The van der Waals surface area contributed by atoms with Gasteiger partial charge in [0.15, 0.2) is 0 Å². The molecule has 2 rings (SSSR count). The van der Waals surface area contributed by atoms with Crippen LogP contribution in [-0.4, -0.2) is 72.9 Å². The zero-order valence-corrected chi connectivity index (χ0v) is 14.7. The summed E-state index contributed by atoms with van der Waals surface area (Å²) in [5.41, 5.74) is 0.248. The van der Waals surface area contributed by atoms with E-state index in [2.05, 4.69) is 50.1 Å². The maximum atomic E-state index is 10.1. The van der Waals surface area contributed by atoms with Crippen LogP contribution >= 0.6 is 0 Å². The molecule has 2 fully saturated rings. The molecule has 2 saturated carbocycles. The molecule has 4 nitrogen and oxygen atoms in total. The van der Waals surface area contributed by atoms with Crippen LogP contribution in [0.1, 0.15) is 46.0 Å². The molecule has 0 aromatic heterocycles. The predicted molar refractivity (Wildman–Crippen MR) is 88.6 cm³/mol. The quantitative estimate of drug-likeness (QED) is 0.677. The number of hydrogen-bond donors (Lipinski definition) is 2. The summed E-state index contributed by atoms with van der Waals surface area (Å²) in [6.45, 7) is 6.66. The van der Waals surface area contributed by atoms with Crippen molar-refractivity contribution in [1.29, 1.82) is 0 Å². The van der Waals surface area contributed by atoms with Gasteiger partial charge in [-0.1, -0.05) is 13.8 Å². The predicted octanol–water partition coefficient (Wildman–Crippen LogP) is 1.54. The molecule has 0 radical (unpaired) electrons. The van der Waals surface area contributed by atoms with E-state index in [1.165, 1.54) is 32.1 Å². The third-order valence-corrected chi connectivity index (χ3v) is 5.57. The monoisotopic (exact) mass is 297 g/mol. The molecule has 0 bridgehead atoms. The van der Waals surface area contributed by atoms with Gasteiger partial charge in [-0.15, -0.1) is 0 Å². The summed E-state index contributed by atoms with van der Waals surface area (Å²) < 4.78 is 0. The fraction of sp³-hybridized carbons (Fsp3) is 1.00. The molecule has 0 aromatic rings. The highest BCUT2D eigenvalue weighted by molar-refractivity contribution is 5.05. The third kappa shape index (κ3) is 3.79. The molecule has 0 spiro atoms. The highest BCUT2D eigenvalue weighted by Crippen LogP contribution is 2.41. The van der Waals surface area contributed by atoms with Crippen LogP contribution in [0.15, 0.2) is 0 Å². The molecule has 0 saturated heterocycles. The Labute approximate surface area is 130 Å². The summed E-state index contributed by atoms with van der Waals surface area (Å²) in [4.78, 5) is 4.85. The first kappa shape index (κ1) is 17.2. The molecule has 2 aliphatic carbocycles. The highest BCUT2D eigenvalue weighted by Gasteiger charge is 2.47. The van der Waals surface area contributed by atoms with Crippen molar-refractivity contribution in [2.24, 2.45) is 5.92 Å². The van der Waals surface area contributed by atoms with E-state index in [0.29, 0.717) is 17.5 Å². The average Bonchev–Trinajstić information content (AvgIpc) is 3.16. The lowest BCUT2D eigenvalue weighted by atomic mass is 9.75. The van der Waals surface area contributed by atoms with Gasteiger partial charge in [0.25, 0.3) is 0 Å². The zero-order valence-electron chi connectivity index (χ0n) is 14.7. The van der Waals surface area contributed by atoms with Crippen molar-refractivity contribution in [3.05, 3.63) is 0 Å². The highest BCUT2D eigenvalue weighted by atomic mass is 16.3. The standard InChI is InChI=1S/C17H35N3O/c1-14(2)18-17(13-21,15-7-8-15)12-20(5)11-16(19(3)4)9-6-10-16/h14-15,18,21H,6-13H2,1-5H3. The normalized spacial score (nSPS) is 24.4.